The highest BCUT2D eigenvalue weighted by molar-refractivity contribution is 9.10. The number of aromatic amines is 1. The van der Waals surface area contributed by atoms with Crippen LogP contribution in [0.3, 0.4) is 0 Å². The Bertz CT molecular complexity index is 511. The molecule has 0 bridgehead atoms. The van der Waals surface area contributed by atoms with E-state index in [0.29, 0.717) is 12.1 Å². The van der Waals surface area contributed by atoms with Gasteiger partial charge in [-0.3, -0.25) is 4.79 Å². The molecule has 0 saturated heterocycles. The summed E-state index contributed by atoms with van der Waals surface area (Å²) in [5.74, 6) is 0.905. The lowest BCUT2D eigenvalue weighted by Crippen LogP contribution is -2.24. The largest absolute Gasteiger partial charge is 0.352 e. The number of carbonyl (C=O) groups is 1. The van der Waals surface area contributed by atoms with Crippen molar-refractivity contribution < 1.29 is 4.79 Å². The maximum Gasteiger partial charge on any atom is 0.251 e. The van der Waals surface area contributed by atoms with Gasteiger partial charge >= 0.3 is 0 Å². The minimum Gasteiger partial charge on any atom is -0.352 e. The maximum absolute atomic E-state index is 11.8. The van der Waals surface area contributed by atoms with Crippen LogP contribution in [0.4, 0.5) is 0 Å². The van der Waals surface area contributed by atoms with Crippen LogP contribution in [0.1, 0.15) is 22.6 Å². The van der Waals surface area contributed by atoms with E-state index in [-0.39, 0.29) is 5.91 Å². The fourth-order valence-electron chi connectivity index (χ4n) is 1.62. The number of hydrogen-bond acceptors (Lipinski definition) is 2. The van der Waals surface area contributed by atoms with Gasteiger partial charge in [-0.2, -0.15) is 0 Å². The second kappa shape index (κ2) is 6.35. The fraction of sp³-hybridized carbons (Fsp3) is 0.231. The summed E-state index contributed by atoms with van der Waals surface area (Å²) in [6, 6.07) is 7.35. The minimum atomic E-state index is -0.0456. The van der Waals surface area contributed by atoms with E-state index < -0.39 is 0 Å². The zero-order valence-electron chi connectivity index (χ0n) is 9.82. The summed E-state index contributed by atoms with van der Waals surface area (Å²) >= 11 is 3.35. The van der Waals surface area contributed by atoms with Crippen LogP contribution in [0.2, 0.25) is 0 Å². The number of rotatable bonds is 5. The quantitative estimate of drug-likeness (QED) is 0.834. The Morgan fingerprint density at radius 3 is 3.06 bits per heavy atom. The molecule has 2 N–H and O–H groups in total. The van der Waals surface area contributed by atoms with E-state index in [2.05, 4.69) is 31.2 Å². The van der Waals surface area contributed by atoms with Gasteiger partial charge in [-0.25, -0.2) is 4.98 Å². The molecule has 1 heterocycles. The maximum atomic E-state index is 11.8. The third-order valence-corrected chi connectivity index (χ3v) is 3.01. The summed E-state index contributed by atoms with van der Waals surface area (Å²) in [5.41, 5.74) is 0.669. The Balaban J connectivity index is 1.75. The number of nitrogens with zero attached hydrogens (tertiary/aromatic N) is 1. The molecule has 0 saturated carbocycles. The number of nitrogens with one attached hydrogen (secondary N) is 2. The Morgan fingerprint density at radius 2 is 2.33 bits per heavy atom. The standard InChI is InChI=1S/C13H14BrN3O/c14-11-4-1-3-10(9-11)13(18)17-6-2-5-12-15-7-8-16-12/h1,3-4,7-9H,2,5-6H2,(H,15,16)(H,17,18). The zero-order chi connectivity index (χ0) is 12.8. The van der Waals surface area contributed by atoms with E-state index in [1.807, 2.05) is 18.2 Å². The number of amides is 1. The number of aromatic nitrogens is 2. The van der Waals surface area contributed by atoms with Gasteiger partial charge in [0, 0.05) is 35.4 Å². The lowest BCUT2D eigenvalue weighted by Gasteiger charge is -2.04. The number of imidazole rings is 1. The molecule has 2 aromatic rings. The third kappa shape index (κ3) is 3.70. The summed E-state index contributed by atoms with van der Waals surface area (Å²) < 4.78 is 0.908. The monoisotopic (exact) mass is 307 g/mol. The van der Waals surface area contributed by atoms with E-state index in [4.69, 9.17) is 0 Å². The van der Waals surface area contributed by atoms with Crippen molar-refractivity contribution >= 4 is 21.8 Å². The summed E-state index contributed by atoms with van der Waals surface area (Å²) in [5, 5.41) is 2.89. The molecule has 0 spiro atoms. The number of carbonyl (C=O) groups excluding carboxylic acids is 1. The molecule has 0 aliphatic heterocycles. The molecular formula is C13H14BrN3O. The van der Waals surface area contributed by atoms with Crippen LogP contribution in [0.25, 0.3) is 0 Å². The van der Waals surface area contributed by atoms with E-state index in [1.165, 1.54) is 0 Å². The molecule has 1 aromatic heterocycles. The molecule has 94 valence electrons. The minimum absolute atomic E-state index is 0.0456. The molecule has 18 heavy (non-hydrogen) atoms. The highest BCUT2D eigenvalue weighted by atomic mass is 79.9. The van der Waals surface area contributed by atoms with Gasteiger partial charge < -0.3 is 10.3 Å². The predicted octanol–water partition coefficient (Wildman–Crippen LogP) is 2.53. The van der Waals surface area contributed by atoms with E-state index in [9.17, 15) is 4.79 Å². The molecule has 0 unspecified atom stereocenters. The molecular weight excluding hydrogens is 294 g/mol. The van der Waals surface area contributed by atoms with Gasteiger partial charge in [-0.15, -0.1) is 0 Å². The van der Waals surface area contributed by atoms with Crippen molar-refractivity contribution in [2.24, 2.45) is 0 Å². The fourth-order valence-corrected chi connectivity index (χ4v) is 2.02. The highest BCUT2D eigenvalue weighted by Crippen LogP contribution is 2.11. The first-order chi connectivity index (χ1) is 8.75. The first kappa shape index (κ1) is 12.8. The topological polar surface area (TPSA) is 57.8 Å². The van der Waals surface area contributed by atoms with Crippen LogP contribution in [-0.4, -0.2) is 22.4 Å². The van der Waals surface area contributed by atoms with Gasteiger partial charge in [0.1, 0.15) is 5.82 Å². The normalized spacial score (nSPS) is 10.3. The Morgan fingerprint density at radius 1 is 1.44 bits per heavy atom. The molecule has 0 aliphatic carbocycles. The molecule has 4 nitrogen and oxygen atoms in total. The number of aryl methyl sites for hydroxylation is 1. The van der Waals surface area contributed by atoms with Gasteiger partial charge in [0.25, 0.3) is 5.91 Å². The SMILES string of the molecule is O=C(NCCCc1ncc[nH]1)c1cccc(Br)c1. The first-order valence-corrected chi connectivity index (χ1v) is 6.57. The molecule has 5 heteroatoms. The molecule has 2 rings (SSSR count). The van der Waals surface area contributed by atoms with Crippen molar-refractivity contribution in [1.29, 1.82) is 0 Å². The lowest BCUT2D eigenvalue weighted by atomic mass is 10.2. The molecule has 0 radical (unpaired) electrons. The van der Waals surface area contributed by atoms with Crippen LogP contribution >= 0.6 is 15.9 Å². The number of benzene rings is 1. The van der Waals surface area contributed by atoms with Gasteiger partial charge in [0.2, 0.25) is 0 Å². The van der Waals surface area contributed by atoms with Crippen molar-refractivity contribution in [3.63, 3.8) is 0 Å². The third-order valence-electron chi connectivity index (χ3n) is 2.52. The second-order valence-corrected chi connectivity index (χ2v) is 4.82. The molecule has 1 aromatic carbocycles. The highest BCUT2D eigenvalue weighted by Gasteiger charge is 2.04. The summed E-state index contributed by atoms with van der Waals surface area (Å²) in [6.45, 7) is 0.645. The van der Waals surface area contributed by atoms with Crippen LogP contribution in [-0.2, 0) is 6.42 Å². The van der Waals surface area contributed by atoms with E-state index in [1.54, 1.807) is 18.5 Å². The summed E-state index contributed by atoms with van der Waals surface area (Å²) in [6.07, 6.45) is 5.24. The van der Waals surface area contributed by atoms with Gasteiger partial charge in [-0.1, -0.05) is 22.0 Å². The molecule has 1 amide bonds. The Labute approximate surface area is 114 Å². The van der Waals surface area contributed by atoms with Crippen LogP contribution in [0.5, 0.6) is 0 Å². The van der Waals surface area contributed by atoms with E-state index in [0.717, 1.165) is 23.1 Å². The Kier molecular flexibility index (Phi) is 4.52. The summed E-state index contributed by atoms with van der Waals surface area (Å²) in [4.78, 5) is 19.0. The van der Waals surface area contributed by atoms with Gasteiger partial charge in [0.05, 0.1) is 0 Å². The van der Waals surface area contributed by atoms with Crippen LogP contribution < -0.4 is 5.32 Å². The summed E-state index contributed by atoms with van der Waals surface area (Å²) in [7, 11) is 0. The van der Waals surface area contributed by atoms with Gasteiger partial charge in [0.15, 0.2) is 0 Å². The zero-order valence-corrected chi connectivity index (χ0v) is 11.4. The molecule has 0 fully saturated rings. The lowest BCUT2D eigenvalue weighted by molar-refractivity contribution is 0.0953. The van der Waals surface area contributed by atoms with Crippen molar-refractivity contribution in [3.8, 4) is 0 Å². The van der Waals surface area contributed by atoms with Crippen LogP contribution in [0.15, 0.2) is 41.1 Å². The molecule has 0 aliphatic rings. The van der Waals surface area contributed by atoms with Gasteiger partial charge in [-0.05, 0) is 24.6 Å². The van der Waals surface area contributed by atoms with Crippen molar-refractivity contribution in [2.75, 3.05) is 6.54 Å². The predicted molar refractivity (Wildman–Crippen MR) is 73.4 cm³/mol. The number of hydrogen-bond donors (Lipinski definition) is 2. The van der Waals surface area contributed by atoms with Crippen molar-refractivity contribution in [1.82, 2.24) is 15.3 Å². The van der Waals surface area contributed by atoms with E-state index >= 15 is 0 Å². The smallest absolute Gasteiger partial charge is 0.251 e. The van der Waals surface area contributed by atoms with Crippen molar-refractivity contribution in [3.05, 3.63) is 52.5 Å². The Hall–Kier alpha value is -1.62. The number of H-pyrrole nitrogens is 1. The first-order valence-electron chi connectivity index (χ1n) is 5.78. The van der Waals surface area contributed by atoms with Crippen molar-refractivity contribution in [2.45, 2.75) is 12.8 Å². The average molecular weight is 308 g/mol. The molecule has 0 atom stereocenters. The average Bonchev–Trinajstić information content (AvgIpc) is 2.87. The number of halogens is 1. The van der Waals surface area contributed by atoms with Crippen LogP contribution in [0, 0.1) is 0 Å². The second-order valence-electron chi connectivity index (χ2n) is 3.91.